The molecule has 2 aromatic carbocycles. The molecule has 144 valence electrons. The molecule has 0 aliphatic carbocycles. The molecule has 1 heterocycles. The molecule has 0 N–H and O–H groups in total. The number of esters is 1. The van der Waals surface area contributed by atoms with Crippen molar-refractivity contribution in [3.63, 3.8) is 0 Å². The summed E-state index contributed by atoms with van der Waals surface area (Å²) in [5, 5.41) is 0.593. The Bertz CT molecular complexity index is 897. The molecule has 0 aromatic heterocycles. The molecular formula is C19H19ClO5S2. The van der Waals surface area contributed by atoms with Crippen molar-refractivity contribution in [3.05, 3.63) is 59.1 Å². The van der Waals surface area contributed by atoms with Gasteiger partial charge in [-0.3, -0.25) is 0 Å². The number of hydrogen-bond acceptors (Lipinski definition) is 6. The number of thioether (sulfide) groups is 1. The lowest BCUT2D eigenvalue weighted by atomic mass is 10.2. The predicted octanol–water partition coefficient (Wildman–Crippen LogP) is 3.86. The number of halogens is 1. The first-order valence-corrected chi connectivity index (χ1v) is 11.5. The Labute approximate surface area is 167 Å². The molecule has 0 radical (unpaired) electrons. The Kier molecular flexibility index (Phi) is 6.68. The highest BCUT2D eigenvalue weighted by atomic mass is 35.5. The summed E-state index contributed by atoms with van der Waals surface area (Å²) >= 11 is 7.24. The molecule has 1 saturated heterocycles. The Balaban J connectivity index is 1.53. The van der Waals surface area contributed by atoms with E-state index in [9.17, 15) is 13.2 Å². The third kappa shape index (κ3) is 5.89. The van der Waals surface area contributed by atoms with Crippen molar-refractivity contribution in [1.82, 2.24) is 0 Å². The summed E-state index contributed by atoms with van der Waals surface area (Å²) < 4.78 is 34.1. The average Bonchev–Trinajstić information content (AvgIpc) is 2.99. The van der Waals surface area contributed by atoms with E-state index in [-0.39, 0.29) is 30.0 Å². The molecule has 0 bridgehead atoms. The molecule has 2 aromatic rings. The molecule has 0 amide bonds. The maximum atomic E-state index is 12.4. The molecule has 3 rings (SSSR count). The van der Waals surface area contributed by atoms with Gasteiger partial charge < -0.3 is 9.47 Å². The zero-order valence-electron chi connectivity index (χ0n) is 14.5. The van der Waals surface area contributed by atoms with Gasteiger partial charge in [0.2, 0.25) is 0 Å². The van der Waals surface area contributed by atoms with Crippen LogP contribution in [0.15, 0.2) is 53.4 Å². The van der Waals surface area contributed by atoms with Gasteiger partial charge in [0.1, 0.15) is 19.0 Å². The van der Waals surface area contributed by atoms with Crippen molar-refractivity contribution in [2.75, 3.05) is 24.7 Å². The van der Waals surface area contributed by atoms with E-state index >= 15 is 0 Å². The highest BCUT2D eigenvalue weighted by Gasteiger charge is 2.29. The van der Waals surface area contributed by atoms with E-state index in [0.717, 1.165) is 4.90 Å². The SMILES string of the molecule is O=C(OCCOc1ccc(Cl)cc1)c1ccccc1SC1CCS(=O)(=O)C1. The van der Waals surface area contributed by atoms with Crippen molar-refractivity contribution in [1.29, 1.82) is 0 Å². The highest BCUT2D eigenvalue weighted by Crippen LogP contribution is 2.33. The number of sulfone groups is 1. The summed E-state index contributed by atoms with van der Waals surface area (Å²) in [5.41, 5.74) is 0.443. The van der Waals surface area contributed by atoms with Gasteiger partial charge in [-0.1, -0.05) is 23.7 Å². The minimum Gasteiger partial charge on any atom is -0.490 e. The summed E-state index contributed by atoms with van der Waals surface area (Å²) in [7, 11) is -2.96. The van der Waals surface area contributed by atoms with Crippen molar-refractivity contribution in [2.24, 2.45) is 0 Å². The van der Waals surface area contributed by atoms with Crippen LogP contribution in [-0.4, -0.2) is 44.4 Å². The summed E-state index contributed by atoms with van der Waals surface area (Å²) in [6.07, 6.45) is 0.602. The molecule has 1 atom stereocenters. The van der Waals surface area contributed by atoms with Crippen molar-refractivity contribution >= 4 is 39.2 Å². The fourth-order valence-corrected chi connectivity index (χ4v) is 6.42. The largest absolute Gasteiger partial charge is 0.490 e. The van der Waals surface area contributed by atoms with E-state index in [1.165, 1.54) is 11.8 Å². The second kappa shape index (κ2) is 8.99. The van der Waals surface area contributed by atoms with Crippen molar-refractivity contribution in [2.45, 2.75) is 16.6 Å². The second-order valence-corrected chi connectivity index (χ2v) is 10.1. The monoisotopic (exact) mass is 426 g/mol. The first-order valence-electron chi connectivity index (χ1n) is 8.44. The van der Waals surface area contributed by atoms with Crippen molar-refractivity contribution in [3.8, 4) is 5.75 Å². The number of rotatable bonds is 7. The lowest BCUT2D eigenvalue weighted by molar-refractivity contribution is 0.0446. The quantitative estimate of drug-likeness (QED) is 0.494. The minimum absolute atomic E-state index is 0.0304. The Morgan fingerprint density at radius 1 is 1.11 bits per heavy atom. The number of carbonyl (C=O) groups excluding carboxylic acids is 1. The van der Waals surface area contributed by atoms with Crippen LogP contribution in [0, 0.1) is 0 Å². The van der Waals surface area contributed by atoms with Crippen LogP contribution in [-0.2, 0) is 14.6 Å². The third-order valence-corrected chi connectivity index (χ3v) is 7.57. The maximum absolute atomic E-state index is 12.4. The fraction of sp³-hybridized carbons (Fsp3) is 0.316. The maximum Gasteiger partial charge on any atom is 0.339 e. The van der Waals surface area contributed by atoms with E-state index in [1.807, 2.05) is 12.1 Å². The van der Waals surface area contributed by atoms with Crippen LogP contribution < -0.4 is 4.74 Å². The van der Waals surface area contributed by atoms with Crippen LogP contribution in [0.4, 0.5) is 0 Å². The fourth-order valence-electron chi connectivity index (χ4n) is 2.67. The first kappa shape index (κ1) is 20.0. The number of hydrogen-bond donors (Lipinski definition) is 0. The molecule has 1 aliphatic rings. The van der Waals surface area contributed by atoms with Gasteiger partial charge in [-0.2, -0.15) is 0 Å². The summed E-state index contributed by atoms with van der Waals surface area (Å²) in [5.74, 6) is 0.558. The Morgan fingerprint density at radius 2 is 1.85 bits per heavy atom. The molecule has 0 spiro atoms. The van der Waals surface area contributed by atoms with E-state index in [4.69, 9.17) is 21.1 Å². The van der Waals surface area contributed by atoms with E-state index < -0.39 is 15.8 Å². The van der Waals surface area contributed by atoms with Gasteiger partial charge in [-0.15, -0.1) is 11.8 Å². The molecule has 0 saturated carbocycles. The van der Waals surface area contributed by atoms with Gasteiger partial charge in [-0.05, 0) is 42.8 Å². The van der Waals surface area contributed by atoms with Crippen LogP contribution in [0.5, 0.6) is 5.75 Å². The topological polar surface area (TPSA) is 69.7 Å². The Hall–Kier alpha value is -1.70. The highest BCUT2D eigenvalue weighted by molar-refractivity contribution is 8.02. The zero-order chi connectivity index (χ0) is 19.3. The molecule has 27 heavy (non-hydrogen) atoms. The van der Waals surface area contributed by atoms with E-state index in [1.54, 1.807) is 36.4 Å². The van der Waals surface area contributed by atoms with Crippen LogP contribution in [0.25, 0.3) is 0 Å². The molecule has 1 unspecified atom stereocenters. The lowest BCUT2D eigenvalue weighted by Gasteiger charge is -2.12. The van der Waals surface area contributed by atoms with Gasteiger partial charge in [0.05, 0.1) is 17.1 Å². The zero-order valence-corrected chi connectivity index (χ0v) is 16.9. The lowest BCUT2D eigenvalue weighted by Crippen LogP contribution is -2.14. The summed E-state index contributed by atoms with van der Waals surface area (Å²) in [6, 6.07) is 14.0. The summed E-state index contributed by atoms with van der Waals surface area (Å²) in [6.45, 7) is 0.335. The first-order chi connectivity index (χ1) is 12.9. The smallest absolute Gasteiger partial charge is 0.339 e. The van der Waals surface area contributed by atoms with Gasteiger partial charge in [0.25, 0.3) is 0 Å². The van der Waals surface area contributed by atoms with Gasteiger partial charge in [-0.25, -0.2) is 13.2 Å². The van der Waals surface area contributed by atoms with Crippen LogP contribution >= 0.6 is 23.4 Å². The molecule has 1 fully saturated rings. The molecule has 5 nitrogen and oxygen atoms in total. The number of benzene rings is 2. The van der Waals surface area contributed by atoms with E-state index in [2.05, 4.69) is 0 Å². The molecular weight excluding hydrogens is 408 g/mol. The van der Waals surface area contributed by atoms with E-state index in [0.29, 0.717) is 22.8 Å². The Morgan fingerprint density at radius 3 is 2.56 bits per heavy atom. The number of ether oxygens (including phenoxy) is 2. The normalized spacial score (nSPS) is 18.2. The average molecular weight is 427 g/mol. The minimum atomic E-state index is -2.96. The van der Waals surface area contributed by atoms with Crippen LogP contribution in [0.1, 0.15) is 16.8 Å². The standard InChI is InChI=1S/C19H19ClO5S2/c20-14-5-7-15(8-6-14)24-10-11-25-19(21)17-3-1-2-4-18(17)26-16-9-12-27(22,23)13-16/h1-8,16H,9-13H2. The van der Waals surface area contributed by atoms with Crippen molar-refractivity contribution < 1.29 is 22.7 Å². The van der Waals surface area contributed by atoms with Gasteiger partial charge in [0, 0.05) is 15.2 Å². The predicted molar refractivity (Wildman–Crippen MR) is 107 cm³/mol. The second-order valence-electron chi connectivity index (χ2n) is 6.08. The number of carbonyl (C=O) groups is 1. The van der Waals surface area contributed by atoms with Crippen LogP contribution in [0.2, 0.25) is 5.02 Å². The third-order valence-electron chi connectivity index (χ3n) is 3.99. The van der Waals surface area contributed by atoms with Gasteiger partial charge >= 0.3 is 5.97 Å². The molecule has 8 heteroatoms. The van der Waals surface area contributed by atoms with Crippen LogP contribution in [0.3, 0.4) is 0 Å². The van der Waals surface area contributed by atoms with Gasteiger partial charge in [0.15, 0.2) is 9.84 Å². The molecule has 1 aliphatic heterocycles. The summed E-state index contributed by atoms with van der Waals surface area (Å²) in [4.78, 5) is 13.1.